The van der Waals surface area contributed by atoms with Crippen LogP contribution in [-0.2, 0) is 0 Å². The molecule has 0 atom stereocenters. The third-order valence-electron chi connectivity index (χ3n) is 7.47. The molecule has 7 aromatic carbocycles. The number of fused-ring (bicyclic) bond motifs is 2. The minimum atomic E-state index is 1.06. The molecular weight excluding hydrogens is 470 g/mol. The van der Waals surface area contributed by atoms with Gasteiger partial charge in [-0.3, -0.25) is 0 Å². The summed E-state index contributed by atoms with van der Waals surface area (Å²) < 4.78 is 0. The normalized spacial score (nSPS) is 11.1. The highest BCUT2D eigenvalue weighted by atomic mass is 14.9. The Morgan fingerprint density at radius 2 is 0.846 bits per heavy atom. The van der Waals surface area contributed by atoms with Gasteiger partial charge in [0.05, 0.1) is 5.69 Å². The molecule has 0 aliphatic rings. The van der Waals surface area contributed by atoms with Crippen molar-refractivity contribution in [2.24, 2.45) is 0 Å². The van der Waals surface area contributed by atoms with E-state index in [-0.39, 0.29) is 0 Å². The van der Waals surface area contributed by atoms with Gasteiger partial charge in [0.1, 0.15) is 0 Å². The van der Waals surface area contributed by atoms with Gasteiger partial charge in [0.2, 0.25) is 0 Å². The predicted octanol–water partition coefficient (Wildman–Crippen LogP) is 10.7. The first-order valence-corrected chi connectivity index (χ1v) is 13.4. The van der Waals surface area contributed by atoms with E-state index in [9.17, 15) is 0 Å². The molecular formula is C38H27N. The van der Waals surface area contributed by atoms with Gasteiger partial charge in [0.25, 0.3) is 0 Å². The van der Waals surface area contributed by atoms with Crippen molar-refractivity contribution >= 4 is 32.9 Å². The van der Waals surface area contributed by atoms with Gasteiger partial charge in [-0.1, -0.05) is 146 Å². The van der Waals surface area contributed by atoms with Crippen molar-refractivity contribution in [3.8, 4) is 33.4 Å². The summed E-state index contributed by atoms with van der Waals surface area (Å²) in [4.78, 5) is 0. The first-order chi connectivity index (χ1) is 19.4. The Labute approximate surface area is 229 Å². The maximum absolute atomic E-state index is 3.86. The van der Waals surface area contributed by atoms with Gasteiger partial charge < -0.3 is 5.32 Å². The topological polar surface area (TPSA) is 12.0 Å². The van der Waals surface area contributed by atoms with Crippen molar-refractivity contribution < 1.29 is 0 Å². The fraction of sp³-hybridized carbons (Fsp3) is 0. The summed E-state index contributed by atoms with van der Waals surface area (Å²) in [5.41, 5.74) is 9.38. The van der Waals surface area contributed by atoms with E-state index in [1.54, 1.807) is 0 Å². The molecule has 0 bridgehead atoms. The largest absolute Gasteiger partial charge is 0.354 e. The Morgan fingerprint density at radius 3 is 1.54 bits per heavy atom. The monoisotopic (exact) mass is 497 g/mol. The molecule has 0 saturated heterocycles. The van der Waals surface area contributed by atoms with Gasteiger partial charge in [-0.05, 0) is 55.9 Å². The summed E-state index contributed by atoms with van der Waals surface area (Å²) in [6.45, 7) is 0. The lowest BCUT2D eigenvalue weighted by molar-refractivity contribution is 1.52. The molecule has 39 heavy (non-hydrogen) atoms. The molecule has 0 aliphatic carbocycles. The molecule has 0 fully saturated rings. The van der Waals surface area contributed by atoms with Gasteiger partial charge in [-0.15, -0.1) is 0 Å². The number of para-hydroxylation sites is 1. The predicted molar refractivity (Wildman–Crippen MR) is 167 cm³/mol. The molecule has 0 aromatic heterocycles. The molecule has 7 rings (SSSR count). The molecule has 0 spiro atoms. The molecule has 0 unspecified atom stereocenters. The fourth-order valence-electron chi connectivity index (χ4n) is 5.66. The summed E-state index contributed by atoms with van der Waals surface area (Å²) in [7, 11) is 0. The van der Waals surface area contributed by atoms with Crippen LogP contribution in [0, 0.1) is 0 Å². The molecule has 1 N–H and O–H groups in total. The lowest BCUT2D eigenvalue weighted by Gasteiger charge is -2.23. The fourth-order valence-corrected chi connectivity index (χ4v) is 5.66. The van der Waals surface area contributed by atoms with E-state index in [1.165, 1.54) is 54.9 Å². The van der Waals surface area contributed by atoms with Crippen LogP contribution in [0.1, 0.15) is 0 Å². The minimum absolute atomic E-state index is 1.06. The lowest BCUT2D eigenvalue weighted by atomic mass is 9.85. The quantitative estimate of drug-likeness (QED) is 0.249. The van der Waals surface area contributed by atoms with Crippen molar-refractivity contribution in [2.75, 3.05) is 5.32 Å². The average molecular weight is 498 g/mol. The number of anilines is 2. The zero-order valence-corrected chi connectivity index (χ0v) is 21.5. The Bertz CT molecular complexity index is 1910. The summed E-state index contributed by atoms with van der Waals surface area (Å²) in [5.74, 6) is 0. The van der Waals surface area contributed by atoms with E-state index in [4.69, 9.17) is 0 Å². The van der Waals surface area contributed by atoms with Gasteiger partial charge >= 0.3 is 0 Å². The van der Waals surface area contributed by atoms with Crippen molar-refractivity contribution in [3.63, 3.8) is 0 Å². The van der Waals surface area contributed by atoms with Crippen molar-refractivity contribution in [2.45, 2.75) is 0 Å². The van der Waals surface area contributed by atoms with Crippen LogP contribution in [0.4, 0.5) is 11.4 Å². The van der Waals surface area contributed by atoms with Crippen molar-refractivity contribution in [1.82, 2.24) is 0 Å². The first kappa shape index (κ1) is 23.0. The summed E-state index contributed by atoms with van der Waals surface area (Å²) in [6.07, 6.45) is 0. The number of benzene rings is 7. The second-order valence-electron chi connectivity index (χ2n) is 9.82. The Balaban J connectivity index is 1.62. The van der Waals surface area contributed by atoms with Crippen LogP contribution in [0.5, 0.6) is 0 Å². The van der Waals surface area contributed by atoms with E-state index < -0.39 is 0 Å². The Kier molecular flexibility index (Phi) is 5.88. The first-order valence-electron chi connectivity index (χ1n) is 13.4. The van der Waals surface area contributed by atoms with Crippen LogP contribution in [0.25, 0.3) is 54.9 Å². The molecule has 0 saturated carbocycles. The van der Waals surface area contributed by atoms with Gasteiger partial charge in [-0.25, -0.2) is 0 Å². The van der Waals surface area contributed by atoms with Crippen LogP contribution >= 0.6 is 0 Å². The second kappa shape index (κ2) is 9.96. The van der Waals surface area contributed by atoms with Crippen LogP contribution in [0.15, 0.2) is 158 Å². The lowest BCUT2D eigenvalue weighted by Crippen LogP contribution is -2.00. The minimum Gasteiger partial charge on any atom is -0.354 e. The molecule has 1 heteroatoms. The van der Waals surface area contributed by atoms with E-state index in [2.05, 4.69) is 163 Å². The van der Waals surface area contributed by atoms with Gasteiger partial charge in [0.15, 0.2) is 0 Å². The maximum atomic E-state index is 3.86. The molecule has 7 aromatic rings. The van der Waals surface area contributed by atoms with E-state index in [0.29, 0.717) is 0 Å². The molecule has 0 amide bonds. The molecule has 0 heterocycles. The van der Waals surface area contributed by atoms with E-state index >= 15 is 0 Å². The highest BCUT2D eigenvalue weighted by molar-refractivity contribution is 6.11. The van der Waals surface area contributed by atoms with Crippen LogP contribution in [-0.4, -0.2) is 0 Å². The van der Waals surface area contributed by atoms with Crippen LogP contribution in [0.3, 0.4) is 0 Å². The third-order valence-corrected chi connectivity index (χ3v) is 7.47. The number of rotatable bonds is 5. The molecule has 0 radical (unpaired) electrons. The smallest absolute Gasteiger partial charge is 0.0550 e. The second-order valence-corrected chi connectivity index (χ2v) is 9.82. The maximum Gasteiger partial charge on any atom is 0.0550 e. The number of hydrogen-bond donors (Lipinski definition) is 1. The molecule has 0 aliphatic heterocycles. The van der Waals surface area contributed by atoms with E-state index in [1.807, 2.05) is 0 Å². The highest BCUT2D eigenvalue weighted by Crippen LogP contribution is 2.47. The standard InChI is InChI=1S/C38H27N/c1-3-13-29(14-4-1)33-25-26-36(34-23-11-17-27-15-7-9-21-31(27)34)37(38(33)39-30-19-5-2-6-20-30)35-24-12-18-28-16-8-10-22-32(28)35/h1-26,39H. The third kappa shape index (κ3) is 4.24. The summed E-state index contributed by atoms with van der Waals surface area (Å²) in [6, 6.07) is 56.3. The molecule has 184 valence electrons. The van der Waals surface area contributed by atoms with E-state index in [0.717, 1.165) is 11.4 Å². The molecule has 1 nitrogen and oxygen atoms in total. The zero-order valence-electron chi connectivity index (χ0n) is 21.5. The Morgan fingerprint density at radius 1 is 0.333 bits per heavy atom. The zero-order chi connectivity index (χ0) is 26.0. The van der Waals surface area contributed by atoms with Crippen molar-refractivity contribution in [3.05, 3.63) is 158 Å². The van der Waals surface area contributed by atoms with Crippen LogP contribution in [0.2, 0.25) is 0 Å². The highest BCUT2D eigenvalue weighted by Gasteiger charge is 2.20. The summed E-state index contributed by atoms with van der Waals surface area (Å²) >= 11 is 0. The SMILES string of the molecule is c1ccc(Nc2c(-c3ccccc3)ccc(-c3cccc4ccccc34)c2-c2cccc3ccccc23)cc1. The average Bonchev–Trinajstić information content (AvgIpc) is 3.01. The van der Waals surface area contributed by atoms with Gasteiger partial charge in [-0.2, -0.15) is 0 Å². The van der Waals surface area contributed by atoms with Crippen molar-refractivity contribution in [1.29, 1.82) is 0 Å². The summed E-state index contributed by atoms with van der Waals surface area (Å²) in [5, 5.41) is 8.82. The van der Waals surface area contributed by atoms with Crippen LogP contribution < -0.4 is 5.32 Å². The Hall–Kier alpha value is -5.14. The number of nitrogens with one attached hydrogen (secondary N) is 1. The number of hydrogen-bond acceptors (Lipinski definition) is 1. The van der Waals surface area contributed by atoms with Gasteiger partial charge in [0, 0.05) is 16.8 Å².